The predicted octanol–water partition coefficient (Wildman–Crippen LogP) is 2.39. The number of methoxy groups -OCH3 is 1. The minimum Gasteiger partial charge on any atom is -0.506 e. The van der Waals surface area contributed by atoms with E-state index >= 15 is 0 Å². The first-order valence-corrected chi connectivity index (χ1v) is 6.45. The third kappa shape index (κ3) is 3.82. The van der Waals surface area contributed by atoms with Crippen molar-refractivity contribution >= 4 is 17.5 Å². The summed E-state index contributed by atoms with van der Waals surface area (Å²) in [5.41, 5.74) is 1.96. The van der Waals surface area contributed by atoms with Crippen molar-refractivity contribution in [3.63, 3.8) is 0 Å². The Hall–Kier alpha value is -2.89. The number of esters is 1. The molecule has 0 saturated heterocycles. The summed E-state index contributed by atoms with van der Waals surface area (Å²) < 4.78 is 17.1. The molecule has 1 heterocycles. The van der Waals surface area contributed by atoms with Crippen molar-refractivity contribution in [2.24, 2.45) is 0 Å². The molecule has 0 bridgehead atoms. The van der Waals surface area contributed by atoms with E-state index < -0.39 is 11.8 Å². The van der Waals surface area contributed by atoms with Crippen molar-refractivity contribution in [2.75, 3.05) is 7.11 Å². The van der Waals surface area contributed by atoms with E-state index in [9.17, 15) is 19.1 Å². The zero-order valence-electron chi connectivity index (χ0n) is 11.8. The van der Waals surface area contributed by atoms with Crippen LogP contribution in [0, 0.1) is 5.82 Å². The van der Waals surface area contributed by atoms with Gasteiger partial charge in [-0.25, -0.2) is 9.18 Å². The Bertz CT molecular complexity index is 716. The Kier molecular flexibility index (Phi) is 4.73. The van der Waals surface area contributed by atoms with E-state index in [0.29, 0.717) is 12.1 Å². The second-order valence-corrected chi connectivity index (χ2v) is 4.59. The number of aromatic nitrogens is 1. The fourth-order valence-corrected chi connectivity index (χ4v) is 1.88. The normalized spacial score (nSPS) is 11.3. The fraction of sp³-hybridized carbons (Fsp3) is 0.125. The van der Waals surface area contributed by atoms with Crippen molar-refractivity contribution in [2.45, 2.75) is 6.42 Å². The molecule has 5 nitrogen and oxygen atoms in total. The Morgan fingerprint density at radius 3 is 2.55 bits per heavy atom. The van der Waals surface area contributed by atoms with E-state index in [-0.39, 0.29) is 11.6 Å². The number of ether oxygens (including phenoxy) is 1. The van der Waals surface area contributed by atoms with Crippen LogP contribution in [-0.4, -0.2) is 29.0 Å². The van der Waals surface area contributed by atoms with Crippen molar-refractivity contribution in [1.29, 1.82) is 0 Å². The molecular weight excluding hydrogens is 289 g/mol. The molecule has 22 heavy (non-hydrogen) atoms. The van der Waals surface area contributed by atoms with Gasteiger partial charge in [0.1, 0.15) is 11.6 Å². The highest BCUT2D eigenvalue weighted by molar-refractivity contribution is 6.39. The third-order valence-corrected chi connectivity index (χ3v) is 2.98. The van der Waals surface area contributed by atoms with Crippen LogP contribution in [0.3, 0.4) is 0 Å². The maximum absolute atomic E-state index is 12.8. The molecule has 0 atom stereocenters. The van der Waals surface area contributed by atoms with Crippen LogP contribution in [0.25, 0.3) is 5.76 Å². The average Bonchev–Trinajstić information content (AvgIpc) is 2.97. The van der Waals surface area contributed by atoms with E-state index in [1.54, 1.807) is 24.3 Å². The Morgan fingerprint density at radius 2 is 1.91 bits per heavy atom. The number of aliphatic hydroxyl groups excluding tert-OH is 1. The number of aliphatic hydroxyl groups is 1. The minimum absolute atomic E-state index is 0.300. The number of rotatable bonds is 5. The highest BCUT2D eigenvalue weighted by Gasteiger charge is 2.13. The maximum atomic E-state index is 12.8. The average molecular weight is 303 g/mol. The lowest BCUT2D eigenvalue weighted by Crippen LogP contribution is -2.13. The molecule has 1 aromatic carbocycles. The van der Waals surface area contributed by atoms with Crippen LogP contribution in [0.5, 0.6) is 0 Å². The van der Waals surface area contributed by atoms with Gasteiger partial charge in [-0.1, -0.05) is 12.1 Å². The molecule has 0 saturated carbocycles. The molecular formula is C16H14FNO4. The number of hydrogen-bond acceptors (Lipinski definition) is 4. The SMILES string of the molecule is COC(=O)C(=O)/C=C(\O)c1ccc(Cc2ccc(F)cc2)[nH]1. The van der Waals surface area contributed by atoms with Gasteiger partial charge in [-0.3, -0.25) is 4.79 Å². The quantitative estimate of drug-likeness (QED) is 0.385. The number of benzene rings is 1. The highest BCUT2D eigenvalue weighted by atomic mass is 19.1. The van der Waals surface area contributed by atoms with Crippen LogP contribution in [-0.2, 0) is 20.7 Å². The summed E-state index contributed by atoms with van der Waals surface area (Å²) in [4.78, 5) is 25.2. The zero-order valence-corrected chi connectivity index (χ0v) is 11.8. The summed E-state index contributed by atoms with van der Waals surface area (Å²) in [6.07, 6.45) is 1.30. The number of halogens is 1. The van der Waals surface area contributed by atoms with Crippen molar-refractivity contribution in [1.82, 2.24) is 4.98 Å². The third-order valence-electron chi connectivity index (χ3n) is 2.98. The van der Waals surface area contributed by atoms with Crippen LogP contribution in [0.4, 0.5) is 4.39 Å². The van der Waals surface area contributed by atoms with Gasteiger partial charge in [0.15, 0.2) is 0 Å². The maximum Gasteiger partial charge on any atom is 0.378 e. The number of ketones is 1. The second-order valence-electron chi connectivity index (χ2n) is 4.59. The van der Waals surface area contributed by atoms with Gasteiger partial charge in [0, 0.05) is 18.2 Å². The molecule has 2 N–H and O–H groups in total. The summed E-state index contributed by atoms with van der Waals surface area (Å²) in [6.45, 7) is 0. The van der Waals surface area contributed by atoms with Gasteiger partial charge in [-0.05, 0) is 29.8 Å². The first-order chi connectivity index (χ1) is 10.5. The molecule has 6 heteroatoms. The summed E-state index contributed by atoms with van der Waals surface area (Å²) in [5, 5.41) is 9.80. The topological polar surface area (TPSA) is 79.4 Å². The van der Waals surface area contributed by atoms with Crippen LogP contribution >= 0.6 is 0 Å². The van der Waals surface area contributed by atoms with Gasteiger partial charge in [0.05, 0.1) is 12.8 Å². The van der Waals surface area contributed by atoms with Gasteiger partial charge in [0.2, 0.25) is 0 Å². The fourth-order valence-electron chi connectivity index (χ4n) is 1.88. The standard InChI is InChI=1S/C16H14FNO4/c1-22-16(21)15(20)9-14(19)13-7-6-12(18-13)8-10-2-4-11(17)5-3-10/h2-7,9,18-19H,8H2,1H3/b14-9-. The lowest BCUT2D eigenvalue weighted by molar-refractivity contribution is -0.149. The second kappa shape index (κ2) is 6.71. The molecule has 2 rings (SSSR count). The lowest BCUT2D eigenvalue weighted by atomic mass is 10.1. The molecule has 0 aliphatic rings. The number of hydrogen-bond donors (Lipinski definition) is 2. The van der Waals surface area contributed by atoms with Gasteiger partial charge >= 0.3 is 5.97 Å². The largest absolute Gasteiger partial charge is 0.506 e. The molecule has 0 amide bonds. The molecule has 0 radical (unpaired) electrons. The van der Waals surface area contributed by atoms with Gasteiger partial charge in [-0.15, -0.1) is 0 Å². The molecule has 114 valence electrons. The molecule has 0 fully saturated rings. The van der Waals surface area contributed by atoms with Gasteiger partial charge < -0.3 is 14.8 Å². The van der Waals surface area contributed by atoms with Crippen molar-refractivity contribution in [3.8, 4) is 0 Å². The van der Waals surface area contributed by atoms with Crippen molar-refractivity contribution in [3.05, 3.63) is 65.2 Å². The first-order valence-electron chi connectivity index (χ1n) is 6.45. The minimum atomic E-state index is -1.05. The lowest BCUT2D eigenvalue weighted by Gasteiger charge is -2.00. The highest BCUT2D eigenvalue weighted by Crippen LogP contribution is 2.14. The van der Waals surface area contributed by atoms with Crippen LogP contribution < -0.4 is 0 Å². The predicted molar refractivity (Wildman–Crippen MR) is 77.6 cm³/mol. The summed E-state index contributed by atoms with van der Waals surface area (Å²) in [6, 6.07) is 9.36. The number of carbonyl (C=O) groups excluding carboxylic acids is 2. The van der Waals surface area contributed by atoms with E-state index in [2.05, 4.69) is 9.72 Å². The Labute approximate surface area is 126 Å². The number of carbonyl (C=O) groups is 2. The number of H-pyrrole nitrogens is 1. The Morgan fingerprint density at radius 1 is 1.23 bits per heavy atom. The van der Waals surface area contributed by atoms with Crippen LogP contribution in [0.15, 0.2) is 42.5 Å². The summed E-state index contributed by atoms with van der Waals surface area (Å²) >= 11 is 0. The molecule has 0 unspecified atom stereocenters. The van der Waals surface area contributed by atoms with Gasteiger partial charge in [-0.2, -0.15) is 0 Å². The van der Waals surface area contributed by atoms with Crippen LogP contribution in [0.2, 0.25) is 0 Å². The van der Waals surface area contributed by atoms with E-state index in [1.165, 1.54) is 12.1 Å². The van der Waals surface area contributed by atoms with Crippen molar-refractivity contribution < 1.29 is 23.8 Å². The molecule has 0 aliphatic heterocycles. The molecule has 1 aromatic heterocycles. The summed E-state index contributed by atoms with van der Waals surface area (Å²) in [7, 11) is 1.08. The smallest absolute Gasteiger partial charge is 0.378 e. The zero-order chi connectivity index (χ0) is 16.1. The number of aromatic amines is 1. The Balaban J connectivity index is 2.10. The van der Waals surface area contributed by atoms with E-state index in [0.717, 1.165) is 24.4 Å². The van der Waals surface area contributed by atoms with E-state index in [1.807, 2.05) is 0 Å². The molecule has 2 aromatic rings. The molecule has 0 spiro atoms. The summed E-state index contributed by atoms with van der Waals surface area (Å²) in [5.74, 6) is -2.67. The van der Waals surface area contributed by atoms with Crippen LogP contribution in [0.1, 0.15) is 17.0 Å². The molecule has 0 aliphatic carbocycles. The monoisotopic (exact) mass is 303 g/mol. The van der Waals surface area contributed by atoms with Gasteiger partial charge in [0.25, 0.3) is 5.78 Å². The van der Waals surface area contributed by atoms with E-state index in [4.69, 9.17) is 0 Å². The first kappa shape index (κ1) is 15.5. The number of nitrogens with one attached hydrogen (secondary N) is 1.